The zero-order valence-electron chi connectivity index (χ0n) is 9.73. The molecule has 0 saturated heterocycles. The van der Waals surface area contributed by atoms with Gasteiger partial charge < -0.3 is 9.84 Å². The Morgan fingerprint density at radius 3 is 2.39 bits per heavy atom. The lowest BCUT2D eigenvalue weighted by molar-refractivity contribution is 0.220. The van der Waals surface area contributed by atoms with Crippen molar-refractivity contribution in [3.05, 3.63) is 63.6 Å². The van der Waals surface area contributed by atoms with Crippen molar-refractivity contribution in [3.63, 3.8) is 0 Å². The molecule has 2 aromatic carbocycles. The van der Waals surface area contributed by atoms with Gasteiger partial charge in [-0.2, -0.15) is 0 Å². The Balaban J connectivity index is 2.34. The summed E-state index contributed by atoms with van der Waals surface area (Å²) in [5, 5.41) is 11.3. The Labute approximate surface area is 116 Å². The van der Waals surface area contributed by atoms with Gasteiger partial charge in [0.05, 0.1) is 12.1 Å². The molecule has 18 heavy (non-hydrogen) atoms. The van der Waals surface area contributed by atoms with Gasteiger partial charge in [-0.1, -0.05) is 41.4 Å². The fourth-order valence-electron chi connectivity index (χ4n) is 1.72. The number of hydrogen-bond donors (Lipinski definition) is 1. The van der Waals surface area contributed by atoms with Crippen LogP contribution in [-0.4, -0.2) is 12.2 Å². The largest absolute Gasteiger partial charge is 0.495 e. The summed E-state index contributed by atoms with van der Waals surface area (Å²) in [4.78, 5) is 0. The molecular weight excluding hydrogens is 271 g/mol. The van der Waals surface area contributed by atoms with Crippen LogP contribution in [0.4, 0.5) is 0 Å². The number of hydrogen-bond acceptors (Lipinski definition) is 2. The van der Waals surface area contributed by atoms with Crippen molar-refractivity contribution in [1.82, 2.24) is 0 Å². The summed E-state index contributed by atoms with van der Waals surface area (Å²) in [6.07, 6.45) is -0.757. The summed E-state index contributed by atoms with van der Waals surface area (Å²) >= 11 is 11.9. The van der Waals surface area contributed by atoms with Gasteiger partial charge in [-0.25, -0.2) is 0 Å². The van der Waals surface area contributed by atoms with Crippen molar-refractivity contribution in [1.29, 1.82) is 0 Å². The van der Waals surface area contributed by atoms with Gasteiger partial charge >= 0.3 is 0 Å². The van der Waals surface area contributed by atoms with Gasteiger partial charge in [-0.05, 0) is 35.4 Å². The standard InChI is InChI=1S/C14H12Cl2O2/c1-18-13-6-5-10(8-12(13)16)14(17)9-3-2-4-11(15)7-9/h2-8,14,17H,1H3. The van der Waals surface area contributed by atoms with E-state index in [0.29, 0.717) is 21.4 Å². The first-order valence-electron chi connectivity index (χ1n) is 5.39. The summed E-state index contributed by atoms with van der Waals surface area (Å²) in [5.74, 6) is 0.582. The van der Waals surface area contributed by atoms with Gasteiger partial charge in [-0.3, -0.25) is 0 Å². The van der Waals surface area contributed by atoms with Crippen LogP contribution in [0.15, 0.2) is 42.5 Å². The summed E-state index contributed by atoms with van der Waals surface area (Å²) in [5.41, 5.74) is 1.42. The molecule has 0 spiro atoms. The van der Waals surface area contributed by atoms with Crippen LogP contribution < -0.4 is 4.74 Å². The van der Waals surface area contributed by atoms with E-state index >= 15 is 0 Å². The van der Waals surface area contributed by atoms with E-state index in [0.717, 1.165) is 5.56 Å². The average Bonchev–Trinajstić information content (AvgIpc) is 2.37. The van der Waals surface area contributed by atoms with Gasteiger partial charge in [0.15, 0.2) is 0 Å². The summed E-state index contributed by atoms with van der Waals surface area (Å²) < 4.78 is 5.07. The van der Waals surface area contributed by atoms with Crippen LogP contribution in [0.25, 0.3) is 0 Å². The van der Waals surface area contributed by atoms with Crippen molar-refractivity contribution >= 4 is 23.2 Å². The number of halogens is 2. The van der Waals surface area contributed by atoms with E-state index in [1.807, 2.05) is 6.07 Å². The minimum atomic E-state index is -0.757. The normalized spacial score (nSPS) is 12.2. The zero-order valence-corrected chi connectivity index (χ0v) is 11.2. The highest BCUT2D eigenvalue weighted by atomic mass is 35.5. The molecule has 2 aromatic rings. The van der Waals surface area contributed by atoms with Crippen LogP contribution >= 0.6 is 23.2 Å². The number of rotatable bonds is 3. The van der Waals surface area contributed by atoms with Crippen LogP contribution in [-0.2, 0) is 0 Å². The third kappa shape index (κ3) is 2.78. The van der Waals surface area contributed by atoms with Crippen molar-refractivity contribution in [2.45, 2.75) is 6.10 Å². The van der Waals surface area contributed by atoms with Crippen molar-refractivity contribution in [2.24, 2.45) is 0 Å². The second-order valence-corrected chi connectivity index (χ2v) is 4.70. The maximum absolute atomic E-state index is 10.2. The fraction of sp³-hybridized carbons (Fsp3) is 0.143. The van der Waals surface area contributed by atoms with E-state index in [2.05, 4.69) is 0 Å². The van der Waals surface area contributed by atoms with Crippen molar-refractivity contribution in [3.8, 4) is 5.75 Å². The van der Waals surface area contributed by atoms with Gasteiger partial charge in [0, 0.05) is 5.02 Å². The van der Waals surface area contributed by atoms with Crippen LogP contribution in [0, 0.1) is 0 Å². The molecular formula is C14H12Cl2O2. The number of aliphatic hydroxyl groups is 1. The molecule has 94 valence electrons. The Morgan fingerprint density at radius 2 is 1.78 bits per heavy atom. The van der Waals surface area contributed by atoms with E-state index in [1.165, 1.54) is 0 Å². The van der Waals surface area contributed by atoms with Crippen LogP contribution in [0.5, 0.6) is 5.75 Å². The van der Waals surface area contributed by atoms with Gasteiger partial charge in [0.2, 0.25) is 0 Å². The lowest BCUT2D eigenvalue weighted by Gasteiger charge is -2.13. The lowest BCUT2D eigenvalue weighted by atomic mass is 10.0. The van der Waals surface area contributed by atoms with Crippen LogP contribution in [0.3, 0.4) is 0 Å². The second kappa shape index (κ2) is 5.61. The lowest BCUT2D eigenvalue weighted by Crippen LogP contribution is -1.99. The van der Waals surface area contributed by atoms with E-state index in [1.54, 1.807) is 43.5 Å². The zero-order chi connectivity index (χ0) is 13.1. The Morgan fingerprint density at radius 1 is 1.06 bits per heavy atom. The summed E-state index contributed by atoms with van der Waals surface area (Å²) in [6.45, 7) is 0. The predicted molar refractivity (Wildman–Crippen MR) is 73.5 cm³/mol. The molecule has 0 radical (unpaired) electrons. The topological polar surface area (TPSA) is 29.5 Å². The first-order valence-corrected chi connectivity index (χ1v) is 6.14. The monoisotopic (exact) mass is 282 g/mol. The average molecular weight is 283 g/mol. The summed E-state index contributed by atoms with van der Waals surface area (Å²) in [7, 11) is 1.55. The number of methoxy groups -OCH3 is 1. The van der Waals surface area contributed by atoms with Crippen LogP contribution in [0.1, 0.15) is 17.2 Å². The minimum absolute atomic E-state index is 0.469. The predicted octanol–water partition coefficient (Wildman–Crippen LogP) is 4.08. The highest BCUT2D eigenvalue weighted by Crippen LogP contribution is 2.30. The van der Waals surface area contributed by atoms with Crippen molar-refractivity contribution in [2.75, 3.05) is 7.11 Å². The van der Waals surface area contributed by atoms with E-state index in [9.17, 15) is 5.11 Å². The van der Waals surface area contributed by atoms with Gasteiger partial charge in [-0.15, -0.1) is 0 Å². The molecule has 4 heteroatoms. The molecule has 1 unspecified atom stereocenters. The number of ether oxygens (including phenoxy) is 1. The third-order valence-corrected chi connectivity index (χ3v) is 3.19. The maximum atomic E-state index is 10.2. The first kappa shape index (κ1) is 13.2. The number of aliphatic hydroxyl groups excluding tert-OH is 1. The molecule has 0 aliphatic rings. The van der Waals surface area contributed by atoms with E-state index in [4.69, 9.17) is 27.9 Å². The molecule has 2 rings (SSSR count). The van der Waals surface area contributed by atoms with E-state index < -0.39 is 6.10 Å². The molecule has 1 atom stereocenters. The van der Waals surface area contributed by atoms with Gasteiger partial charge in [0.1, 0.15) is 11.9 Å². The number of benzene rings is 2. The Hall–Kier alpha value is -1.22. The molecule has 0 amide bonds. The molecule has 2 nitrogen and oxygen atoms in total. The molecule has 1 N–H and O–H groups in total. The molecule has 0 heterocycles. The Kier molecular flexibility index (Phi) is 4.12. The smallest absolute Gasteiger partial charge is 0.137 e. The SMILES string of the molecule is COc1ccc(C(O)c2cccc(Cl)c2)cc1Cl. The quantitative estimate of drug-likeness (QED) is 0.919. The molecule has 0 aromatic heterocycles. The van der Waals surface area contributed by atoms with Gasteiger partial charge in [0.25, 0.3) is 0 Å². The highest BCUT2D eigenvalue weighted by molar-refractivity contribution is 6.32. The molecule has 0 saturated carbocycles. The first-order chi connectivity index (χ1) is 8.61. The molecule has 0 fully saturated rings. The summed E-state index contributed by atoms with van der Waals surface area (Å²) in [6, 6.07) is 12.3. The fourth-order valence-corrected chi connectivity index (χ4v) is 2.19. The molecule has 0 aliphatic heterocycles. The third-order valence-electron chi connectivity index (χ3n) is 2.66. The van der Waals surface area contributed by atoms with Crippen molar-refractivity contribution < 1.29 is 9.84 Å². The van der Waals surface area contributed by atoms with Crippen LogP contribution in [0.2, 0.25) is 10.0 Å². The molecule has 0 bridgehead atoms. The highest BCUT2D eigenvalue weighted by Gasteiger charge is 2.12. The Bertz CT molecular complexity index is 555. The second-order valence-electron chi connectivity index (χ2n) is 3.85. The minimum Gasteiger partial charge on any atom is -0.495 e. The molecule has 0 aliphatic carbocycles. The maximum Gasteiger partial charge on any atom is 0.137 e. The van der Waals surface area contributed by atoms with E-state index in [-0.39, 0.29) is 0 Å².